The highest BCUT2D eigenvalue weighted by Crippen LogP contribution is 2.66. The van der Waals surface area contributed by atoms with Gasteiger partial charge in [0.25, 0.3) is 5.79 Å². The Balaban J connectivity index is 1.34. The number of hydrogen-bond acceptors (Lipinski definition) is 2. The van der Waals surface area contributed by atoms with Crippen LogP contribution in [-0.4, -0.2) is 0 Å². The third kappa shape index (κ3) is 4.01. The van der Waals surface area contributed by atoms with Crippen LogP contribution in [0.3, 0.4) is 0 Å². The highest BCUT2D eigenvalue weighted by Gasteiger charge is 2.70. The molecule has 0 unspecified atom stereocenters. The standard InChI is InChI=1S/C42H26O2/c1-5-13-31(14-6-1)21-23-33-25-27-37-39(29-33)43-42(36-19-11-4-12-20-36)41(37,35-17-9-3-10-18-35)38-28-26-34(30-40(38)44-42)24-22-32-15-7-2-8-16-32/h1-20,25-30H. The lowest BCUT2D eigenvalue weighted by Crippen LogP contribution is -2.50. The first-order valence-electron chi connectivity index (χ1n) is 14.7. The number of benzene rings is 6. The molecule has 2 heterocycles. The van der Waals surface area contributed by atoms with Gasteiger partial charge in [0.1, 0.15) is 16.9 Å². The van der Waals surface area contributed by atoms with E-state index in [1.54, 1.807) is 0 Å². The van der Waals surface area contributed by atoms with E-state index in [0.717, 1.165) is 56.0 Å². The Hall–Kier alpha value is -5.96. The van der Waals surface area contributed by atoms with Gasteiger partial charge in [-0.15, -0.1) is 0 Å². The van der Waals surface area contributed by atoms with E-state index in [4.69, 9.17) is 9.47 Å². The summed E-state index contributed by atoms with van der Waals surface area (Å²) in [5.41, 5.74) is 7.04. The van der Waals surface area contributed by atoms with Crippen LogP contribution in [0.1, 0.15) is 44.5 Å². The first-order valence-corrected chi connectivity index (χ1v) is 14.7. The average molecular weight is 563 g/mol. The second-order valence-electron chi connectivity index (χ2n) is 11.0. The maximum Gasteiger partial charge on any atom is 0.296 e. The molecule has 2 nitrogen and oxygen atoms in total. The summed E-state index contributed by atoms with van der Waals surface area (Å²) in [6.07, 6.45) is 0. The number of rotatable bonds is 2. The van der Waals surface area contributed by atoms with Gasteiger partial charge in [-0.2, -0.15) is 0 Å². The molecule has 0 N–H and O–H groups in total. The second-order valence-corrected chi connectivity index (χ2v) is 11.0. The predicted molar refractivity (Wildman–Crippen MR) is 173 cm³/mol. The Morgan fingerprint density at radius 3 is 1.20 bits per heavy atom. The summed E-state index contributed by atoms with van der Waals surface area (Å²) in [6, 6.07) is 53.4. The molecule has 0 saturated heterocycles. The maximum atomic E-state index is 7.08. The maximum absolute atomic E-state index is 7.08. The minimum Gasteiger partial charge on any atom is -0.446 e. The third-order valence-corrected chi connectivity index (χ3v) is 8.38. The average Bonchev–Trinajstić information content (AvgIpc) is 3.55. The Morgan fingerprint density at radius 1 is 0.364 bits per heavy atom. The van der Waals surface area contributed by atoms with Crippen LogP contribution >= 0.6 is 0 Å². The van der Waals surface area contributed by atoms with Gasteiger partial charge in [0.2, 0.25) is 0 Å². The van der Waals surface area contributed by atoms with E-state index < -0.39 is 11.2 Å². The summed E-state index contributed by atoms with van der Waals surface area (Å²) in [4.78, 5) is 0. The van der Waals surface area contributed by atoms with Crippen LogP contribution in [0.15, 0.2) is 158 Å². The van der Waals surface area contributed by atoms with E-state index in [1.807, 2.05) is 97.1 Å². The number of ether oxygens (including phenoxy) is 2. The van der Waals surface area contributed by atoms with Crippen molar-refractivity contribution in [3.05, 3.63) is 202 Å². The van der Waals surface area contributed by atoms with Gasteiger partial charge >= 0.3 is 0 Å². The summed E-state index contributed by atoms with van der Waals surface area (Å²) in [6.45, 7) is 0. The van der Waals surface area contributed by atoms with Crippen LogP contribution in [0, 0.1) is 23.7 Å². The minimum atomic E-state index is -1.17. The van der Waals surface area contributed by atoms with Gasteiger partial charge < -0.3 is 9.47 Å². The fourth-order valence-corrected chi connectivity index (χ4v) is 6.48. The molecule has 0 aromatic heterocycles. The van der Waals surface area contributed by atoms with Crippen molar-refractivity contribution in [2.75, 3.05) is 0 Å². The Labute approximate surface area is 257 Å². The molecule has 0 atom stereocenters. The summed E-state index contributed by atoms with van der Waals surface area (Å²) in [5.74, 6) is 13.6. The Bertz CT molecular complexity index is 2000. The molecule has 0 amide bonds. The smallest absolute Gasteiger partial charge is 0.296 e. The van der Waals surface area contributed by atoms with E-state index in [-0.39, 0.29) is 0 Å². The van der Waals surface area contributed by atoms with Gasteiger partial charge in [-0.3, -0.25) is 0 Å². The molecule has 0 radical (unpaired) electrons. The number of hydrogen-bond donors (Lipinski definition) is 0. The van der Waals surface area contributed by atoms with Crippen molar-refractivity contribution in [3.63, 3.8) is 0 Å². The second kappa shape index (κ2) is 10.4. The van der Waals surface area contributed by atoms with Crippen molar-refractivity contribution in [3.8, 4) is 35.2 Å². The molecule has 206 valence electrons. The molecule has 0 saturated carbocycles. The molecule has 6 aromatic carbocycles. The van der Waals surface area contributed by atoms with Crippen LogP contribution < -0.4 is 9.47 Å². The molecular formula is C42H26O2. The van der Waals surface area contributed by atoms with Crippen LogP contribution in [0.5, 0.6) is 11.5 Å². The molecule has 0 aliphatic carbocycles. The monoisotopic (exact) mass is 562 g/mol. The lowest BCUT2D eigenvalue weighted by Gasteiger charge is -2.38. The van der Waals surface area contributed by atoms with E-state index in [2.05, 4.69) is 84.3 Å². The van der Waals surface area contributed by atoms with E-state index >= 15 is 0 Å². The summed E-state index contributed by atoms with van der Waals surface area (Å²) in [5, 5.41) is 0. The zero-order valence-electron chi connectivity index (χ0n) is 23.8. The van der Waals surface area contributed by atoms with Crippen LogP contribution in [0.25, 0.3) is 0 Å². The van der Waals surface area contributed by atoms with Crippen molar-refractivity contribution in [2.24, 2.45) is 0 Å². The molecule has 44 heavy (non-hydrogen) atoms. The predicted octanol–water partition coefficient (Wildman–Crippen LogP) is 8.46. The van der Waals surface area contributed by atoms with Gasteiger partial charge in [0.15, 0.2) is 0 Å². The van der Waals surface area contributed by atoms with E-state index in [9.17, 15) is 0 Å². The molecule has 0 fully saturated rings. The van der Waals surface area contributed by atoms with E-state index in [1.165, 1.54) is 0 Å². The highest BCUT2D eigenvalue weighted by atomic mass is 16.7. The molecule has 0 bridgehead atoms. The first-order chi connectivity index (χ1) is 21.8. The van der Waals surface area contributed by atoms with Crippen molar-refractivity contribution in [1.82, 2.24) is 0 Å². The zero-order valence-corrected chi connectivity index (χ0v) is 23.8. The first kappa shape index (κ1) is 25.7. The van der Waals surface area contributed by atoms with Crippen molar-refractivity contribution in [2.45, 2.75) is 11.2 Å². The highest BCUT2D eigenvalue weighted by molar-refractivity contribution is 5.70. The topological polar surface area (TPSA) is 18.5 Å². The Morgan fingerprint density at radius 2 is 0.750 bits per heavy atom. The molecule has 2 aliphatic heterocycles. The van der Waals surface area contributed by atoms with Gasteiger partial charge in [-0.1, -0.05) is 133 Å². The van der Waals surface area contributed by atoms with Gasteiger partial charge in [0.05, 0.1) is 0 Å². The summed E-state index contributed by atoms with van der Waals surface area (Å²) < 4.78 is 14.2. The van der Waals surface area contributed by atoms with E-state index in [0.29, 0.717) is 0 Å². The largest absolute Gasteiger partial charge is 0.446 e. The van der Waals surface area contributed by atoms with Crippen molar-refractivity contribution in [1.29, 1.82) is 0 Å². The van der Waals surface area contributed by atoms with Crippen molar-refractivity contribution >= 4 is 0 Å². The zero-order chi connectivity index (χ0) is 29.4. The molecule has 8 rings (SSSR count). The van der Waals surface area contributed by atoms with Gasteiger partial charge in [0, 0.05) is 38.9 Å². The molecular weight excluding hydrogens is 536 g/mol. The quantitative estimate of drug-likeness (QED) is 0.197. The van der Waals surface area contributed by atoms with Crippen molar-refractivity contribution < 1.29 is 9.47 Å². The van der Waals surface area contributed by atoms with Gasteiger partial charge in [-0.05, 0) is 54.1 Å². The van der Waals surface area contributed by atoms with Gasteiger partial charge in [-0.25, -0.2) is 0 Å². The Kier molecular flexibility index (Phi) is 6.08. The number of fused-ring (bicyclic) bond motifs is 5. The molecule has 2 heteroatoms. The molecule has 0 spiro atoms. The lowest BCUT2D eigenvalue weighted by atomic mass is 9.64. The molecule has 6 aromatic rings. The fourth-order valence-electron chi connectivity index (χ4n) is 6.48. The fraction of sp³-hybridized carbons (Fsp3) is 0.0476. The van der Waals surface area contributed by atoms with Crippen LogP contribution in [0.2, 0.25) is 0 Å². The SMILES string of the molecule is C(#Cc1ccc2c(c1)OC1(c3ccccc3)Oc3cc(C#Cc4ccccc4)ccc3C21c1ccccc1)c1ccccc1. The minimum absolute atomic E-state index is 0.760. The lowest BCUT2D eigenvalue weighted by molar-refractivity contribution is -0.119. The van der Waals surface area contributed by atoms with Crippen LogP contribution in [0.4, 0.5) is 0 Å². The summed E-state index contributed by atoms with van der Waals surface area (Å²) >= 11 is 0. The third-order valence-electron chi connectivity index (χ3n) is 8.38. The van der Waals surface area contributed by atoms with Crippen LogP contribution in [-0.2, 0) is 11.2 Å². The summed E-state index contributed by atoms with van der Waals surface area (Å²) in [7, 11) is 0. The normalized spacial score (nSPS) is 18.6. The molecule has 2 aliphatic rings.